The van der Waals surface area contributed by atoms with Crippen molar-refractivity contribution >= 4 is 17.4 Å². The minimum absolute atomic E-state index is 0.0130. The molecule has 1 N–H and O–H groups in total. The zero-order chi connectivity index (χ0) is 24.1. The molecule has 0 spiro atoms. The van der Waals surface area contributed by atoms with E-state index in [9.17, 15) is 14.7 Å². The van der Waals surface area contributed by atoms with Crippen molar-refractivity contribution in [3.63, 3.8) is 0 Å². The highest BCUT2D eigenvalue weighted by molar-refractivity contribution is 6.46. The number of aliphatic hydroxyl groups is 1. The van der Waals surface area contributed by atoms with Gasteiger partial charge in [0, 0.05) is 11.6 Å². The van der Waals surface area contributed by atoms with E-state index < -0.39 is 17.7 Å². The first-order valence-corrected chi connectivity index (χ1v) is 12.6. The van der Waals surface area contributed by atoms with Crippen LogP contribution in [0.25, 0.3) is 5.76 Å². The second-order valence-electron chi connectivity index (χ2n) is 9.43. The fourth-order valence-electron chi connectivity index (χ4n) is 5.19. The third-order valence-electron chi connectivity index (χ3n) is 7.08. The molecule has 2 fully saturated rings. The standard InChI is InChI=1S/C29H35NO4/c1-3-4-10-19-34-23-17-15-21(16-18-23)27(31)25-26(24-14-9-8-11-20(24)2)30(29(33)28(25)32)22-12-6-5-7-13-22/h8-9,11,14-18,22,26,31H,3-7,10,12-13,19H2,1-2H3/b27-25-. The number of unbranched alkanes of at least 4 members (excludes halogenated alkanes) is 2. The summed E-state index contributed by atoms with van der Waals surface area (Å²) in [6, 6.07) is 14.4. The van der Waals surface area contributed by atoms with Crippen LogP contribution in [0.15, 0.2) is 54.1 Å². The van der Waals surface area contributed by atoms with Crippen molar-refractivity contribution in [2.24, 2.45) is 0 Å². The Morgan fingerprint density at radius 1 is 1.00 bits per heavy atom. The van der Waals surface area contributed by atoms with E-state index in [0.29, 0.717) is 12.2 Å². The Kier molecular flexibility index (Phi) is 7.71. The van der Waals surface area contributed by atoms with Crippen LogP contribution in [0.1, 0.15) is 81.0 Å². The number of benzene rings is 2. The Labute approximate surface area is 202 Å². The van der Waals surface area contributed by atoms with E-state index in [1.807, 2.05) is 31.2 Å². The predicted octanol–water partition coefficient (Wildman–Crippen LogP) is 6.32. The topological polar surface area (TPSA) is 66.8 Å². The molecule has 1 amide bonds. The molecular formula is C29H35NO4. The number of rotatable bonds is 8. The number of hydrogen-bond donors (Lipinski definition) is 1. The molecule has 5 nitrogen and oxygen atoms in total. The summed E-state index contributed by atoms with van der Waals surface area (Å²) in [5, 5.41) is 11.3. The van der Waals surface area contributed by atoms with Crippen LogP contribution in [0.2, 0.25) is 0 Å². The van der Waals surface area contributed by atoms with Crippen LogP contribution < -0.4 is 4.74 Å². The third kappa shape index (κ3) is 4.89. The molecule has 2 aliphatic rings. The van der Waals surface area contributed by atoms with Crippen LogP contribution in [-0.4, -0.2) is 34.3 Å². The van der Waals surface area contributed by atoms with E-state index in [0.717, 1.165) is 68.2 Å². The Morgan fingerprint density at radius 3 is 2.38 bits per heavy atom. The molecule has 1 aliphatic heterocycles. The second-order valence-corrected chi connectivity index (χ2v) is 9.43. The van der Waals surface area contributed by atoms with Crippen molar-refractivity contribution in [2.45, 2.75) is 77.3 Å². The van der Waals surface area contributed by atoms with Crippen molar-refractivity contribution < 1.29 is 19.4 Å². The fraction of sp³-hybridized carbons (Fsp3) is 0.448. The molecule has 0 bridgehead atoms. The highest BCUT2D eigenvalue weighted by Gasteiger charge is 2.49. The van der Waals surface area contributed by atoms with Gasteiger partial charge in [0.25, 0.3) is 11.7 Å². The lowest BCUT2D eigenvalue weighted by molar-refractivity contribution is -0.141. The first-order valence-electron chi connectivity index (χ1n) is 12.6. The van der Waals surface area contributed by atoms with Gasteiger partial charge in [0.05, 0.1) is 18.2 Å². The maximum absolute atomic E-state index is 13.3. The smallest absolute Gasteiger partial charge is 0.295 e. The SMILES string of the molecule is CCCCCOc1ccc(/C(O)=C2/C(=O)C(=O)N(C3CCCCC3)C2c2ccccc2C)cc1. The Morgan fingerprint density at radius 2 is 1.71 bits per heavy atom. The normalized spacial score (nSPS) is 20.6. The molecule has 5 heteroatoms. The molecule has 1 heterocycles. The van der Waals surface area contributed by atoms with E-state index in [1.54, 1.807) is 29.2 Å². The fourth-order valence-corrected chi connectivity index (χ4v) is 5.19. The molecule has 2 aromatic carbocycles. The molecule has 1 saturated carbocycles. The van der Waals surface area contributed by atoms with Gasteiger partial charge in [-0.1, -0.05) is 63.3 Å². The zero-order valence-electron chi connectivity index (χ0n) is 20.3. The molecule has 180 valence electrons. The van der Waals surface area contributed by atoms with Crippen molar-refractivity contribution in [3.8, 4) is 5.75 Å². The van der Waals surface area contributed by atoms with Gasteiger partial charge in [-0.3, -0.25) is 9.59 Å². The minimum atomic E-state index is -0.601. The van der Waals surface area contributed by atoms with Gasteiger partial charge in [0.15, 0.2) is 0 Å². The first-order chi connectivity index (χ1) is 16.5. The quantitative estimate of drug-likeness (QED) is 0.216. The summed E-state index contributed by atoms with van der Waals surface area (Å²) in [4.78, 5) is 28.3. The van der Waals surface area contributed by atoms with Crippen molar-refractivity contribution in [2.75, 3.05) is 6.61 Å². The summed E-state index contributed by atoms with van der Waals surface area (Å²) < 4.78 is 5.78. The van der Waals surface area contributed by atoms with Gasteiger partial charge in [0.2, 0.25) is 0 Å². The molecule has 4 rings (SSSR count). The molecule has 0 radical (unpaired) electrons. The third-order valence-corrected chi connectivity index (χ3v) is 7.08. The van der Waals surface area contributed by atoms with Gasteiger partial charge in [-0.2, -0.15) is 0 Å². The van der Waals surface area contributed by atoms with Crippen LogP contribution in [0.5, 0.6) is 5.75 Å². The van der Waals surface area contributed by atoms with Crippen LogP contribution in [0.4, 0.5) is 0 Å². The van der Waals surface area contributed by atoms with E-state index >= 15 is 0 Å². The largest absolute Gasteiger partial charge is 0.507 e. The van der Waals surface area contributed by atoms with E-state index in [-0.39, 0.29) is 17.4 Å². The number of aliphatic hydroxyl groups excluding tert-OH is 1. The summed E-state index contributed by atoms with van der Waals surface area (Å²) in [6.45, 7) is 4.79. The van der Waals surface area contributed by atoms with Crippen molar-refractivity contribution in [1.29, 1.82) is 0 Å². The monoisotopic (exact) mass is 461 g/mol. The summed E-state index contributed by atoms with van der Waals surface area (Å²) in [6.07, 6.45) is 8.29. The number of carbonyl (C=O) groups excluding carboxylic acids is 2. The van der Waals surface area contributed by atoms with Gasteiger partial charge in [0.1, 0.15) is 11.5 Å². The number of carbonyl (C=O) groups is 2. The van der Waals surface area contributed by atoms with E-state index in [1.165, 1.54) is 0 Å². The number of nitrogens with zero attached hydrogens (tertiary/aromatic N) is 1. The molecule has 1 aliphatic carbocycles. The van der Waals surface area contributed by atoms with Crippen LogP contribution >= 0.6 is 0 Å². The number of Topliss-reactive ketones (excluding diaryl/α,β-unsaturated/α-hetero) is 1. The number of ketones is 1. The lowest BCUT2D eigenvalue weighted by Gasteiger charge is -2.36. The molecule has 1 saturated heterocycles. The number of amides is 1. The van der Waals surface area contributed by atoms with Gasteiger partial charge in [-0.05, 0) is 61.6 Å². The van der Waals surface area contributed by atoms with Crippen molar-refractivity contribution in [3.05, 3.63) is 70.8 Å². The molecule has 34 heavy (non-hydrogen) atoms. The average molecular weight is 462 g/mol. The van der Waals surface area contributed by atoms with Gasteiger partial charge in [-0.25, -0.2) is 0 Å². The predicted molar refractivity (Wildman–Crippen MR) is 134 cm³/mol. The summed E-state index contributed by atoms with van der Waals surface area (Å²) >= 11 is 0. The van der Waals surface area contributed by atoms with Gasteiger partial charge < -0.3 is 14.7 Å². The first kappa shape index (κ1) is 24.1. The van der Waals surface area contributed by atoms with E-state index in [2.05, 4.69) is 6.92 Å². The maximum atomic E-state index is 13.3. The molecule has 2 aromatic rings. The molecular weight excluding hydrogens is 426 g/mol. The minimum Gasteiger partial charge on any atom is -0.507 e. The number of hydrogen-bond acceptors (Lipinski definition) is 4. The molecule has 0 aromatic heterocycles. The number of ether oxygens (including phenoxy) is 1. The second kappa shape index (κ2) is 10.9. The van der Waals surface area contributed by atoms with Crippen LogP contribution in [-0.2, 0) is 9.59 Å². The van der Waals surface area contributed by atoms with Crippen molar-refractivity contribution in [1.82, 2.24) is 4.90 Å². The Bertz CT molecular complexity index is 1050. The lowest BCUT2D eigenvalue weighted by atomic mass is 9.89. The summed E-state index contributed by atoms with van der Waals surface area (Å²) in [5.74, 6) is -0.498. The number of likely N-dealkylation sites (tertiary alicyclic amines) is 1. The Balaban J connectivity index is 1.71. The maximum Gasteiger partial charge on any atom is 0.295 e. The van der Waals surface area contributed by atoms with Gasteiger partial charge in [-0.15, -0.1) is 0 Å². The highest BCUT2D eigenvalue weighted by atomic mass is 16.5. The lowest BCUT2D eigenvalue weighted by Crippen LogP contribution is -2.40. The molecule has 1 atom stereocenters. The Hall–Kier alpha value is -3.08. The van der Waals surface area contributed by atoms with E-state index in [4.69, 9.17) is 4.74 Å². The average Bonchev–Trinajstić information content (AvgIpc) is 3.13. The molecule has 1 unspecified atom stereocenters. The highest BCUT2D eigenvalue weighted by Crippen LogP contribution is 2.43. The number of aryl methyl sites for hydroxylation is 1. The van der Waals surface area contributed by atoms with Crippen LogP contribution in [0, 0.1) is 6.92 Å². The van der Waals surface area contributed by atoms with Crippen LogP contribution in [0.3, 0.4) is 0 Å². The summed E-state index contributed by atoms with van der Waals surface area (Å²) in [5.41, 5.74) is 2.59. The van der Waals surface area contributed by atoms with Gasteiger partial charge >= 0.3 is 0 Å². The zero-order valence-corrected chi connectivity index (χ0v) is 20.3. The summed E-state index contributed by atoms with van der Waals surface area (Å²) in [7, 11) is 0.